The third-order valence-electron chi connectivity index (χ3n) is 5.79. The van der Waals surface area contributed by atoms with Crippen LogP contribution in [0, 0.1) is 0 Å². The SMILES string of the molecule is CCNC(=NCCOC1CCCCCC1)NC1CCN(C2CC2)CC1. The maximum absolute atomic E-state index is 6.06. The van der Waals surface area contributed by atoms with Gasteiger partial charge in [-0.05, 0) is 45.4 Å². The number of likely N-dealkylation sites (tertiary alicyclic amines) is 1. The first-order chi connectivity index (χ1) is 12.3. The van der Waals surface area contributed by atoms with E-state index in [4.69, 9.17) is 9.73 Å². The molecule has 1 aliphatic heterocycles. The molecule has 2 aliphatic carbocycles. The minimum atomic E-state index is 0.472. The van der Waals surface area contributed by atoms with E-state index in [0.29, 0.717) is 12.1 Å². The third kappa shape index (κ3) is 6.78. The predicted octanol–water partition coefficient (Wildman–Crippen LogP) is 2.91. The van der Waals surface area contributed by atoms with Gasteiger partial charge in [0.15, 0.2) is 5.96 Å². The molecule has 0 spiro atoms. The highest BCUT2D eigenvalue weighted by Crippen LogP contribution is 2.29. The minimum absolute atomic E-state index is 0.472. The van der Waals surface area contributed by atoms with Gasteiger partial charge in [0.2, 0.25) is 0 Å². The molecule has 5 nitrogen and oxygen atoms in total. The van der Waals surface area contributed by atoms with Crippen molar-refractivity contribution < 1.29 is 4.74 Å². The Morgan fingerprint density at radius 3 is 2.36 bits per heavy atom. The summed E-state index contributed by atoms with van der Waals surface area (Å²) in [5.41, 5.74) is 0. The predicted molar refractivity (Wildman–Crippen MR) is 104 cm³/mol. The summed E-state index contributed by atoms with van der Waals surface area (Å²) in [5.74, 6) is 0.969. The van der Waals surface area contributed by atoms with Gasteiger partial charge in [0.1, 0.15) is 0 Å². The first-order valence-corrected chi connectivity index (χ1v) is 10.8. The Balaban J connectivity index is 1.35. The Morgan fingerprint density at radius 2 is 1.72 bits per heavy atom. The molecular formula is C20H38N4O. The van der Waals surface area contributed by atoms with E-state index in [0.717, 1.165) is 31.7 Å². The summed E-state index contributed by atoms with van der Waals surface area (Å²) >= 11 is 0. The Kier molecular flexibility index (Phi) is 7.86. The molecule has 2 saturated carbocycles. The zero-order chi connectivity index (χ0) is 17.3. The number of hydrogen-bond donors (Lipinski definition) is 2. The van der Waals surface area contributed by atoms with Crippen LogP contribution in [0.4, 0.5) is 0 Å². The van der Waals surface area contributed by atoms with Crippen LogP contribution in [-0.2, 0) is 4.74 Å². The molecule has 5 heteroatoms. The molecule has 3 aliphatic rings. The van der Waals surface area contributed by atoms with Gasteiger partial charge in [-0.3, -0.25) is 4.99 Å². The second-order valence-corrected chi connectivity index (χ2v) is 7.93. The molecule has 0 aromatic heterocycles. The summed E-state index contributed by atoms with van der Waals surface area (Å²) < 4.78 is 6.06. The third-order valence-corrected chi connectivity index (χ3v) is 5.79. The van der Waals surface area contributed by atoms with Crippen molar-refractivity contribution in [1.82, 2.24) is 15.5 Å². The summed E-state index contributed by atoms with van der Waals surface area (Å²) in [6.07, 6.45) is 13.7. The molecule has 3 fully saturated rings. The lowest BCUT2D eigenvalue weighted by molar-refractivity contribution is 0.0487. The van der Waals surface area contributed by atoms with E-state index in [2.05, 4.69) is 22.5 Å². The molecule has 0 amide bonds. The monoisotopic (exact) mass is 350 g/mol. The smallest absolute Gasteiger partial charge is 0.191 e. The van der Waals surface area contributed by atoms with Crippen molar-refractivity contribution in [3.63, 3.8) is 0 Å². The summed E-state index contributed by atoms with van der Waals surface area (Å²) in [4.78, 5) is 7.41. The standard InChI is InChI=1S/C20H38N4O/c1-2-21-20(22-13-16-25-19-7-5-3-4-6-8-19)23-17-11-14-24(15-12-17)18-9-10-18/h17-19H,2-16H2,1H3,(H2,21,22,23). The van der Waals surface area contributed by atoms with E-state index in [1.807, 2.05) is 0 Å². The van der Waals surface area contributed by atoms with Crippen LogP contribution < -0.4 is 10.6 Å². The molecule has 0 aromatic carbocycles. The normalized spacial score (nSPS) is 24.9. The molecular weight excluding hydrogens is 312 g/mol. The molecule has 3 rings (SSSR count). The molecule has 1 heterocycles. The molecule has 0 unspecified atom stereocenters. The zero-order valence-electron chi connectivity index (χ0n) is 16.1. The average Bonchev–Trinajstić information content (AvgIpc) is 3.47. The van der Waals surface area contributed by atoms with Crippen molar-refractivity contribution in [1.29, 1.82) is 0 Å². The van der Waals surface area contributed by atoms with Gasteiger partial charge in [-0.2, -0.15) is 0 Å². The minimum Gasteiger partial charge on any atom is -0.376 e. The molecule has 1 saturated heterocycles. The maximum Gasteiger partial charge on any atom is 0.191 e. The van der Waals surface area contributed by atoms with Crippen LogP contribution in [0.15, 0.2) is 4.99 Å². The number of nitrogens with one attached hydrogen (secondary N) is 2. The van der Waals surface area contributed by atoms with E-state index >= 15 is 0 Å². The molecule has 0 radical (unpaired) electrons. The van der Waals surface area contributed by atoms with Gasteiger partial charge in [0, 0.05) is 31.7 Å². The lowest BCUT2D eigenvalue weighted by Gasteiger charge is -2.33. The Hall–Kier alpha value is -0.810. The number of nitrogens with zero attached hydrogens (tertiary/aromatic N) is 2. The lowest BCUT2D eigenvalue weighted by Crippen LogP contribution is -2.49. The van der Waals surface area contributed by atoms with Crippen molar-refractivity contribution in [2.45, 2.75) is 89.3 Å². The van der Waals surface area contributed by atoms with E-state index in [1.165, 1.54) is 77.3 Å². The topological polar surface area (TPSA) is 48.9 Å². The Morgan fingerprint density at radius 1 is 1.00 bits per heavy atom. The van der Waals surface area contributed by atoms with E-state index in [1.54, 1.807) is 0 Å². The number of ether oxygens (including phenoxy) is 1. The molecule has 0 atom stereocenters. The Bertz CT molecular complexity index is 395. The van der Waals surface area contributed by atoms with Crippen LogP contribution in [0.3, 0.4) is 0 Å². The van der Waals surface area contributed by atoms with Gasteiger partial charge >= 0.3 is 0 Å². The first kappa shape index (κ1) is 19.0. The number of aliphatic imine (C=N–C) groups is 1. The van der Waals surface area contributed by atoms with Crippen LogP contribution in [0.1, 0.15) is 71.1 Å². The zero-order valence-corrected chi connectivity index (χ0v) is 16.1. The molecule has 25 heavy (non-hydrogen) atoms. The summed E-state index contributed by atoms with van der Waals surface area (Å²) in [7, 11) is 0. The van der Waals surface area contributed by atoms with E-state index < -0.39 is 0 Å². The fourth-order valence-corrected chi connectivity index (χ4v) is 4.15. The number of guanidine groups is 1. The highest BCUT2D eigenvalue weighted by atomic mass is 16.5. The van der Waals surface area contributed by atoms with Crippen molar-refractivity contribution >= 4 is 5.96 Å². The Labute approximate surface area is 154 Å². The van der Waals surface area contributed by atoms with Gasteiger partial charge < -0.3 is 20.3 Å². The average molecular weight is 351 g/mol. The number of hydrogen-bond acceptors (Lipinski definition) is 3. The van der Waals surface area contributed by atoms with Gasteiger partial charge in [-0.15, -0.1) is 0 Å². The number of piperidine rings is 1. The lowest BCUT2D eigenvalue weighted by atomic mass is 10.1. The second-order valence-electron chi connectivity index (χ2n) is 7.93. The maximum atomic E-state index is 6.06. The number of rotatable bonds is 7. The summed E-state index contributed by atoms with van der Waals surface area (Å²) in [6, 6.07) is 1.47. The summed E-state index contributed by atoms with van der Waals surface area (Å²) in [6.45, 7) is 7.04. The molecule has 144 valence electrons. The van der Waals surface area contributed by atoms with Crippen LogP contribution in [0.5, 0.6) is 0 Å². The highest BCUT2D eigenvalue weighted by molar-refractivity contribution is 5.80. The van der Waals surface area contributed by atoms with Crippen molar-refractivity contribution in [2.24, 2.45) is 4.99 Å². The fourth-order valence-electron chi connectivity index (χ4n) is 4.15. The first-order valence-electron chi connectivity index (χ1n) is 10.8. The van der Waals surface area contributed by atoms with E-state index in [9.17, 15) is 0 Å². The highest BCUT2D eigenvalue weighted by Gasteiger charge is 2.31. The van der Waals surface area contributed by atoms with Crippen LogP contribution in [0.2, 0.25) is 0 Å². The fraction of sp³-hybridized carbons (Fsp3) is 0.950. The van der Waals surface area contributed by atoms with Crippen molar-refractivity contribution in [3.05, 3.63) is 0 Å². The van der Waals surface area contributed by atoms with E-state index in [-0.39, 0.29) is 0 Å². The van der Waals surface area contributed by atoms with Gasteiger partial charge in [-0.1, -0.05) is 25.7 Å². The molecule has 2 N–H and O–H groups in total. The van der Waals surface area contributed by atoms with Crippen LogP contribution >= 0.6 is 0 Å². The second kappa shape index (κ2) is 10.4. The summed E-state index contributed by atoms with van der Waals surface area (Å²) in [5, 5.41) is 7.04. The van der Waals surface area contributed by atoms with Crippen molar-refractivity contribution in [2.75, 3.05) is 32.8 Å². The largest absolute Gasteiger partial charge is 0.376 e. The quantitative estimate of drug-likeness (QED) is 0.321. The van der Waals surface area contributed by atoms with Crippen LogP contribution in [0.25, 0.3) is 0 Å². The van der Waals surface area contributed by atoms with Gasteiger partial charge in [0.25, 0.3) is 0 Å². The van der Waals surface area contributed by atoms with Crippen LogP contribution in [-0.4, -0.2) is 61.8 Å². The molecule has 0 bridgehead atoms. The van der Waals surface area contributed by atoms with Gasteiger partial charge in [-0.25, -0.2) is 0 Å². The van der Waals surface area contributed by atoms with Gasteiger partial charge in [0.05, 0.1) is 19.3 Å². The molecule has 0 aromatic rings. The van der Waals surface area contributed by atoms with Crippen molar-refractivity contribution in [3.8, 4) is 0 Å².